The lowest BCUT2D eigenvalue weighted by atomic mass is 9.91. The Morgan fingerprint density at radius 3 is 2.21 bits per heavy atom. The van der Waals surface area contributed by atoms with Crippen LogP contribution in [0, 0.1) is 5.41 Å². The van der Waals surface area contributed by atoms with E-state index in [-0.39, 0.29) is 10.3 Å². The van der Waals surface area contributed by atoms with Gasteiger partial charge in [-0.1, -0.05) is 62.2 Å². The lowest BCUT2D eigenvalue weighted by Crippen LogP contribution is -2.45. The van der Waals surface area contributed by atoms with E-state index >= 15 is 0 Å². The molecule has 1 saturated heterocycles. The van der Waals surface area contributed by atoms with Crippen molar-refractivity contribution in [2.45, 2.75) is 44.6 Å². The van der Waals surface area contributed by atoms with E-state index in [1.54, 1.807) is 28.6 Å². The van der Waals surface area contributed by atoms with Gasteiger partial charge in [-0.2, -0.15) is 4.31 Å². The highest BCUT2D eigenvalue weighted by atomic mass is 35.5. The molecule has 6 heteroatoms. The number of sulfonamides is 1. The molecule has 1 heterocycles. The highest BCUT2D eigenvalue weighted by Gasteiger charge is 2.32. The SMILES string of the molecule is CC(C)(CN1CCCCC1)CN(Cc1ccccc1)S(=O)(=O)c1ccc(Cl)cc1. The van der Waals surface area contributed by atoms with Crippen molar-refractivity contribution < 1.29 is 8.42 Å². The Hall–Kier alpha value is -1.40. The lowest BCUT2D eigenvalue weighted by molar-refractivity contribution is 0.132. The quantitative estimate of drug-likeness (QED) is 0.584. The van der Waals surface area contributed by atoms with E-state index in [2.05, 4.69) is 18.7 Å². The zero-order chi connectivity index (χ0) is 20.9. The van der Waals surface area contributed by atoms with Crippen LogP contribution >= 0.6 is 11.6 Å². The highest BCUT2D eigenvalue weighted by molar-refractivity contribution is 7.89. The van der Waals surface area contributed by atoms with Crippen LogP contribution in [0.15, 0.2) is 59.5 Å². The first-order valence-electron chi connectivity index (χ1n) is 10.3. The maximum atomic E-state index is 13.5. The van der Waals surface area contributed by atoms with Gasteiger partial charge in [-0.05, 0) is 61.2 Å². The summed E-state index contributed by atoms with van der Waals surface area (Å²) >= 11 is 5.97. The second-order valence-corrected chi connectivity index (χ2v) is 11.1. The van der Waals surface area contributed by atoms with E-state index in [9.17, 15) is 8.42 Å². The summed E-state index contributed by atoms with van der Waals surface area (Å²) in [7, 11) is -3.63. The fraction of sp³-hybridized carbons (Fsp3) is 0.478. The van der Waals surface area contributed by atoms with Gasteiger partial charge in [0.15, 0.2) is 0 Å². The predicted octanol–water partition coefficient (Wildman–Crippen LogP) is 5.04. The van der Waals surface area contributed by atoms with Crippen LogP contribution in [-0.4, -0.2) is 43.8 Å². The monoisotopic (exact) mass is 434 g/mol. The van der Waals surface area contributed by atoms with E-state index in [1.165, 1.54) is 19.3 Å². The molecule has 29 heavy (non-hydrogen) atoms. The number of rotatable bonds is 8. The Kier molecular flexibility index (Phi) is 7.38. The highest BCUT2D eigenvalue weighted by Crippen LogP contribution is 2.27. The fourth-order valence-corrected chi connectivity index (χ4v) is 5.76. The molecule has 0 N–H and O–H groups in total. The Bertz CT molecular complexity index is 877. The molecule has 2 aromatic rings. The summed E-state index contributed by atoms with van der Waals surface area (Å²) in [6.07, 6.45) is 3.75. The van der Waals surface area contributed by atoms with Gasteiger partial charge in [-0.3, -0.25) is 0 Å². The van der Waals surface area contributed by atoms with Crippen molar-refractivity contribution in [3.05, 3.63) is 65.2 Å². The zero-order valence-electron chi connectivity index (χ0n) is 17.4. The second kappa shape index (κ2) is 9.61. The summed E-state index contributed by atoms with van der Waals surface area (Å²) in [6.45, 7) is 8.25. The molecule has 0 atom stereocenters. The molecule has 158 valence electrons. The summed E-state index contributed by atoms with van der Waals surface area (Å²) in [5, 5.41) is 0.531. The summed E-state index contributed by atoms with van der Waals surface area (Å²) in [6, 6.07) is 16.2. The molecule has 0 bridgehead atoms. The van der Waals surface area contributed by atoms with Gasteiger partial charge in [0.1, 0.15) is 0 Å². The van der Waals surface area contributed by atoms with Gasteiger partial charge in [-0.15, -0.1) is 0 Å². The number of halogens is 1. The van der Waals surface area contributed by atoms with Crippen LogP contribution in [0.1, 0.15) is 38.7 Å². The Labute approximate surface area is 180 Å². The van der Waals surface area contributed by atoms with Crippen LogP contribution in [0.4, 0.5) is 0 Å². The molecule has 0 aromatic heterocycles. The number of hydrogen-bond donors (Lipinski definition) is 0. The maximum absolute atomic E-state index is 13.5. The molecule has 0 saturated carbocycles. The number of nitrogens with zero attached hydrogens (tertiary/aromatic N) is 2. The number of benzene rings is 2. The summed E-state index contributed by atoms with van der Waals surface area (Å²) in [5.41, 5.74) is 0.824. The molecule has 0 radical (unpaired) electrons. The van der Waals surface area contributed by atoms with E-state index in [0.717, 1.165) is 25.2 Å². The van der Waals surface area contributed by atoms with Crippen LogP contribution in [0.3, 0.4) is 0 Å². The van der Waals surface area contributed by atoms with Gasteiger partial charge in [-0.25, -0.2) is 8.42 Å². The number of piperidine rings is 1. The predicted molar refractivity (Wildman–Crippen MR) is 120 cm³/mol. The molecule has 4 nitrogen and oxygen atoms in total. The first-order chi connectivity index (χ1) is 13.8. The largest absolute Gasteiger partial charge is 0.303 e. The van der Waals surface area contributed by atoms with Crippen LogP contribution in [-0.2, 0) is 16.6 Å². The third-order valence-electron chi connectivity index (χ3n) is 5.36. The molecule has 0 amide bonds. The zero-order valence-corrected chi connectivity index (χ0v) is 18.9. The average molecular weight is 435 g/mol. The van der Waals surface area contributed by atoms with Crippen LogP contribution < -0.4 is 0 Å². The minimum atomic E-state index is -3.63. The van der Waals surface area contributed by atoms with Crippen molar-refractivity contribution in [2.75, 3.05) is 26.2 Å². The fourth-order valence-electron chi connectivity index (χ4n) is 4.02. The third kappa shape index (κ3) is 6.29. The lowest BCUT2D eigenvalue weighted by Gasteiger charge is -2.37. The minimum Gasteiger partial charge on any atom is -0.303 e. The van der Waals surface area contributed by atoms with Crippen molar-refractivity contribution in [3.8, 4) is 0 Å². The van der Waals surface area contributed by atoms with Gasteiger partial charge < -0.3 is 4.90 Å². The molecule has 3 rings (SSSR count). The normalized spacial score (nSPS) is 16.3. The van der Waals surface area contributed by atoms with Gasteiger partial charge >= 0.3 is 0 Å². The smallest absolute Gasteiger partial charge is 0.243 e. The Balaban J connectivity index is 1.84. The van der Waals surface area contributed by atoms with E-state index < -0.39 is 10.0 Å². The van der Waals surface area contributed by atoms with Gasteiger partial charge in [0.25, 0.3) is 0 Å². The van der Waals surface area contributed by atoms with Crippen molar-refractivity contribution >= 4 is 21.6 Å². The van der Waals surface area contributed by atoms with E-state index in [4.69, 9.17) is 11.6 Å². The molecular formula is C23H31ClN2O2S. The molecule has 1 aliphatic heterocycles. The minimum absolute atomic E-state index is 0.161. The van der Waals surface area contributed by atoms with E-state index in [1.807, 2.05) is 30.3 Å². The second-order valence-electron chi connectivity index (χ2n) is 8.71. The van der Waals surface area contributed by atoms with Crippen molar-refractivity contribution in [3.63, 3.8) is 0 Å². The van der Waals surface area contributed by atoms with Gasteiger partial charge in [0, 0.05) is 24.7 Å². The number of hydrogen-bond acceptors (Lipinski definition) is 3. The summed E-state index contributed by atoms with van der Waals surface area (Å²) < 4.78 is 28.6. The molecule has 0 aliphatic carbocycles. The maximum Gasteiger partial charge on any atom is 0.243 e. The molecule has 0 unspecified atom stereocenters. The Morgan fingerprint density at radius 1 is 0.966 bits per heavy atom. The van der Waals surface area contributed by atoms with Crippen molar-refractivity contribution in [2.24, 2.45) is 5.41 Å². The Morgan fingerprint density at radius 2 is 1.59 bits per heavy atom. The molecular weight excluding hydrogens is 404 g/mol. The van der Waals surface area contributed by atoms with Crippen LogP contribution in [0.25, 0.3) is 0 Å². The molecule has 1 aliphatic rings. The van der Waals surface area contributed by atoms with Gasteiger partial charge in [0.2, 0.25) is 10.0 Å². The third-order valence-corrected chi connectivity index (χ3v) is 7.42. The summed E-state index contributed by atoms with van der Waals surface area (Å²) in [5.74, 6) is 0. The van der Waals surface area contributed by atoms with Crippen LogP contribution in [0.5, 0.6) is 0 Å². The molecule has 1 fully saturated rings. The topological polar surface area (TPSA) is 40.6 Å². The first kappa shape index (κ1) is 22.3. The molecule has 2 aromatic carbocycles. The van der Waals surface area contributed by atoms with Crippen molar-refractivity contribution in [1.29, 1.82) is 0 Å². The summed E-state index contributed by atoms with van der Waals surface area (Å²) in [4.78, 5) is 2.76. The average Bonchev–Trinajstić information content (AvgIpc) is 2.69. The van der Waals surface area contributed by atoms with Crippen LogP contribution in [0.2, 0.25) is 5.02 Å². The first-order valence-corrected chi connectivity index (χ1v) is 12.1. The number of likely N-dealkylation sites (tertiary alicyclic amines) is 1. The van der Waals surface area contributed by atoms with Crippen molar-refractivity contribution in [1.82, 2.24) is 9.21 Å². The molecule has 0 spiro atoms. The standard InChI is InChI=1S/C23H31ClN2O2S/c1-23(2,18-25-15-7-4-8-16-25)19-26(17-20-9-5-3-6-10-20)29(27,28)22-13-11-21(24)12-14-22/h3,5-6,9-14H,4,7-8,15-19H2,1-2H3. The van der Waals surface area contributed by atoms with E-state index in [0.29, 0.717) is 18.1 Å². The van der Waals surface area contributed by atoms with Gasteiger partial charge in [0.05, 0.1) is 4.90 Å².